The predicted molar refractivity (Wildman–Crippen MR) is 96.8 cm³/mol. The monoisotopic (exact) mass is 410 g/mol. The Morgan fingerprint density at radius 3 is 2.67 bits per heavy atom. The first-order valence-corrected chi connectivity index (χ1v) is 8.64. The van der Waals surface area contributed by atoms with Crippen molar-refractivity contribution in [1.29, 1.82) is 0 Å². The lowest BCUT2D eigenvalue weighted by atomic mass is 10.1. The summed E-state index contributed by atoms with van der Waals surface area (Å²) in [5.74, 6) is 1.41. The van der Waals surface area contributed by atoms with Gasteiger partial charge in [0.1, 0.15) is 5.82 Å². The van der Waals surface area contributed by atoms with Crippen LogP contribution < -0.4 is 0 Å². The Bertz CT molecular complexity index is 737. The summed E-state index contributed by atoms with van der Waals surface area (Å²) in [5.41, 5.74) is 3.60. The van der Waals surface area contributed by atoms with Crippen LogP contribution in [0.25, 0.3) is 11.0 Å². The Morgan fingerprint density at radius 1 is 1.10 bits per heavy atom. The minimum absolute atomic E-state index is 0.455. The number of hydrogen-bond donors (Lipinski definition) is 0. The zero-order chi connectivity index (χ0) is 14.7. The Morgan fingerprint density at radius 2 is 1.90 bits per heavy atom. The van der Waals surface area contributed by atoms with Gasteiger partial charge in [-0.15, -0.1) is 11.6 Å². The minimum Gasteiger partial charge on any atom is -0.327 e. The smallest absolute Gasteiger partial charge is 0.124 e. The van der Waals surface area contributed by atoms with Gasteiger partial charge in [0.15, 0.2) is 0 Å². The highest BCUT2D eigenvalue weighted by atomic mass is 127. The van der Waals surface area contributed by atoms with Gasteiger partial charge in [0, 0.05) is 10.1 Å². The summed E-state index contributed by atoms with van der Waals surface area (Å²) in [4.78, 5) is 4.64. The standard InChI is InChI=1S/C17H16ClIN2/c18-12-17-20-15-11-14(19)8-9-16(15)21(17)10-4-7-13-5-2-1-3-6-13/h1-3,5-6,8-9,11H,4,7,10,12H2. The number of aromatic nitrogens is 2. The van der Waals surface area contributed by atoms with Crippen LogP contribution >= 0.6 is 34.2 Å². The molecule has 108 valence electrons. The van der Waals surface area contributed by atoms with Crippen molar-refractivity contribution >= 4 is 45.2 Å². The number of rotatable bonds is 5. The minimum atomic E-state index is 0.455. The maximum Gasteiger partial charge on any atom is 0.124 e. The van der Waals surface area contributed by atoms with Crippen molar-refractivity contribution in [2.45, 2.75) is 25.3 Å². The molecule has 0 aliphatic carbocycles. The van der Waals surface area contributed by atoms with Crippen molar-refractivity contribution in [3.63, 3.8) is 0 Å². The van der Waals surface area contributed by atoms with Crippen LogP contribution in [0.5, 0.6) is 0 Å². The number of halogens is 2. The molecule has 0 fully saturated rings. The number of aryl methyl sites for hydroxylation is 2. The molecular formula is C17H16ClIN2. The molecule has 1 heterocycles. The van der Waals surface area contributed by atoms with E-state index < -0.39 is 0 Å². The second-order valence-electron chi connectivity index (χ2n) is 5.04. The molecule has 0 unspecified atom stereocenters. The molecule has 0 spiro atoms. The van der Waals surface area contributed by atoms with Gasteiger partial charge >= 0.3 is 0 Å². The second-order valence-corrected chi connectivity index (χ2v) is 6.55. The van der Waals surface area contributed by atoms with Gasteiger partial charge in [-0.1, -0.05) is 30.3 Å². The van der Waals surface area contributed by atoms with Gasteiger partial charge in [-0.25, -0.2) is 4.98 Å². The SMILES string of the molecule is ClCc1nc2cc(I)ccc2n1CCCc1ccccc1. The van der Waals surface area contributed by atoms with Gasteiger partial charge in [-0.3, -0.25) is 0 Å². The Balaban J connectivity index is 1.79. The molecule has 0 bridgehead atoms. The van der Waals surface area contributed by atoms with E-state index in [4.69, 9.17) is 11.6 Å². The van der Waals surface area contributed by atoms with Gasteiger partial charge in [0.05, 0.1) is 16.9 Å². The summed E-state index contributed by atoms with van der Waals surface area (Å²) in [6.45, 7) is 0.952. The van der Waals surface area contributed by atoms with E-state index in [-0.39, 0.29) is 0 Å². The predicted octanol–water partition coefficient (Wildman–Crippen LogP) is 5.01. The molecule has 21 heavy (non-hydrogen) atoms. The lowest BCUT2D eigenvalue weighted by molar-refractivity contribution is 0.638. The normalized spacial score (nSPS) is 11.1. The van der Waals surface area contributed by atoms with E-state index >= 15 is 0 Å². The molecule has 2 nitrogen and oxygen atoms in total. The molecule has 1 aromatic heterocycles. The third-order valence-electron chi connectivity index (χ3n) is 3.60. The summed E-state index contributed by atoms with van der Waals surface area (Å²) in [7, 11) is 0. The fourth-order valence-electron chi connectivity index (χ4n) is 2.59. The first-order chi connectivity index (χ1) is 10.3. The van der Waals surface area contributed by atoms with Gasteiger partial charge in [0.2, 0.25) is 0 Å². The molecule has 0 radical (unpaired) electrons. The zero-order valence-corrected chi connectivity index (χ0v) is 14.5. The second kappa shape index (κ2) is 6.79. The van der Waals surface area contributed by atoms with Crippen LogP contribution in [0, 0.1) is 3.57 Å². The van der Waals surface area contributed by atoms with Gasteiger partial charge < -0.3 is 4.57 Å². The number of benzene rings is 2. The molecule has 0 aliphatic rings. The molecule has 3 aromatic rings. The number of alkyl halides is 1. The van der Waals surface area contributed by atoms with Gasteiger partial charge in [-0.2, -0.15) is 0 Å². The molecule has 3 rings (SSSR count). The van der Waals surface area contributed by atoms with Gasteiger partial charge in [-0.05, 0) is 59.2 Å². The molecule has 0 atom stereocenters. The van der Waals surface area contributed by atoms with E-state index in [2.05, 4.69) is 80.7 Å². The van der Waals surface area contributed by atoms with Crippen LogP contribution in [-0.4, -0.2) is 9.55 Å². The number of nitrogens with zero attached hydrogens (tertiary/aromatic N) is 2. The fraction of sp³-hybridized carbons (Fsp3) is 0.235. The lowest BCUT2D eigenvalue weighted by Crippen LogP contribution is -2.03. The van der Waals surface area contributed by atoms with Crippen molar-refractivity contribution < 1.29 is 0 Å². The van der Waals surface area contributed by atoms with Crippen LogP contribution in [0.3, 0.4) is 0 Å². The van der Waals surface area contributed by atoms with Crippen molar-refractivity contribution in [2.24, 2.45) is 0 Å². The summed E-state index contributed by atoms with van der Waals surface area (Å²) >= 11 is 8.37. The molecule has 0 saturated heterocycles. The van der Waals surface area contributed by atoms with Crippen LogP contribution in [0.4, 0.5) is 0 Å². The molecule has 0 aliphatic heterocycles. The van der Waals surface area contributed by atoms with E-state index in [1.165, 1.54) is 14.7 Å². The summed E-state index contributed by atoms with van der Waals surface area (Å²) in [6.07, 6.45) is 2.16. The number of fused-ring (bicyclic) bond motifs is 1. The van der Waals surface area contributed by atoms with Gasteiger partial charge in [0.25, 0.3) is 0 Å². The zero-order valence-electron chi connectivity index (χ0n) is 11.6. The number of imidazole rings is 1. The quantitative estimate of drug-likeness (QED) is 0.427. The summed E-state index contributed by atoms with van der Waals surface area (Å²) in [5, 5.41) is 0. The highest BCUT2D eigenvalue weighted by molar-refractivity contribution is 14.1. The third-order valence-corrected chi connectivity index (χ3v) is 4.51. The average molecular weight is 411 g/mol. The highest BCUT2D eigenvalue weighted by Crippen LogP contribution is 2.21. The highest BCUT2D eigenvalue weighted by Gasteiger charge is 2.09. The molecule has 0 amide bonds. The molecule has 0 N–H and O–H groups in total. The van der Waals surface area contributed by atoms with Crippen molar-refractivity contribution in [1.82, 2.24) is 9.55 Å². The first kappa shape index (κ1) is 14.9. The molecule has 4 heteroatoms. The maximum absolute atomic E-state index is 6.05. The fourth-order valence-corrected chi connectivity index (χ4v) is 3.27. The van der Waals surface area contributed by atoms with E-state index in [1.54, 1.807) is 0 Å². The lowest BCUT2D eigenvalue weighted by Gasteiger charge is -2.08. The van der Waals surface area contributed by atoms with E-state index in [9.17, 15) is 0 Å². The van der Waals surface area contributed by atoms with E-state index in [1.807, 2.05) is 0 Å². The van der Waals surface area contributed by atoms with Crippen molar-refractivity contribution in [3.8, 4) is 0 Å². The van der Waals surface area contributed by atoms with Crippen LogP contribution in [0.1, 0.15) is 17.8 Å². The van der Waals surface area contributed by atoms with Crippen LogP contribution in [0.15, 0.2) is 48.5 Å². The van der Waals surface area contributed by atoms with E-state index in [0.717, 1.165) is 30.7 Å². The van der Waals surface area contributed by atoms with E-state index in [0.29, 0.717) is 5.88 Å². The van der Waals surface area contributed by atoms with Crippen LogP contribution in [-0.2, 0) is 18.8 Å². The summed E-state index contributed by atoms with van der Waals surface area (Å²) in [6, 6.07) is 17.0. The van der Waals surface area contributed by atoms with Crippen molar-refractivity contribution in [2.75, 3.05) is 0 Å². The molecule has 2 aromatic carbocycles. The topological polar surface area (TPSA) is 17.8 Å². The van der Waals surface area contributed by atoms with Crippen molar-refractivity contribution in [3.05, 3.63) is 63.5 Å². The molecule has 0 saturated carbocycles. The average Bonchev–Trinajstić information content (AvgIpc) is 2.85. The third kappa shape index (κ3) is 3.40. The molecular weight excluding hydrogens is 395 g/mol. The number of hydrogen-bond acceptors (Lipinski definition) is 1. The Kier molecular flexibility index (Phi) is 4.80. The largest absolute Gasteiger partial charge is 0.327 e. The maximum atomic E-state index is 6.05. The van der Waals surface area contributed by atoms with Crippen LogP contribution in [0.2, 0.25) is 0 Å². The Labute approximate surface area is 143 Å². The Hall–Kier alpha value is -1.07. The first-order valence-electron chi connectivity index (χ1n) is 7.02. The summed E-state index contributed by atoms with van der Waals surface area (Å²) < 4.78 is 3.46.